The molecule has 1 aromatic heterocycles. The first-order valence-electron chi connectivity index (χ1n) is 3.28. The van der Waals surface area contributed by atoms with Crippen LogP contribution in [0.1, 0.15) is 0 Å². The molecule has 2 nitrogen and oxygen atoms in total. The van der Waals surface area contributed by atoms with Crippen molar-refractivity contribution in [3.8, 4) is 5.88 Å². The summed E-state index contributed by atoms with van der Waals surface area (Å²) in [5, 5.41) is -0.119. The average Bonchev–Trinajstić information content (AvgIpc) is 2.01. The topological polar surface area (TPSA) is 22.1 Å². The number of nitrogens with zero attached hydrogens (tertiary/aromatic N) is 1. The van der Waals surface area contributed by atoms with Crippen LogP contribution >= 0.6 is 11.8 Å². The molecule has 0 aliphatic carbocycles. The Morgan fingerprint density at radius 3 is 2.62 bits per heavy atom. The summed E-state index contributed by atoms with van der Waals surface area (Å²) in [7, 11) is 1.35. The van der Waals surface area contributed by atoms with Gasteiger partial charge in [0.1, 0.15) is 5.03 Å². The minimum absolute atomic E-state index is 0.119. The molecule has 0 fully saturated rings. The van der Waals surface area contributed by atoms with E-state index in [0.717, 1.165) is 0 Å². The zero-order chi connectivity index (χ0) is 9.90. The number of alkyl halides is 3. The van der Waals surface area contributed by atoms with E-state index in [1.807, 2.05) is 0 Å². The highest BCUT2D eigenvalue weighted by molar-refractivity contribution is 8.00. The minimum atomic E-state index is -4.31. The van der Waals surface area contributed by atoms with Crippen LogP contribution in [-0.2, 0) is 0 Å². The van der Waals surface area contributed by atoms with Gasteiger partial charge >= 0.3 is 5.51 Å². The third-order valence-corrected chi connectivity index (χ3v) is 1.80. The van der Waals surface area contributed by atoms with E-state index in [-0.39, 0.29) is 22.7 Å². The molecule has 6 heteroatoms. The maximum Gasteiger partial charge on any atom is 0.447 e. The Morgan fingerprint density at radius 1 is 1.38 bits per heavy atom. The molecule has 0 spiro atoms. The number of methoxy groups -OCH3 is 1. The molecule has 1 aromatic rings. The molecule has 0 aliphatic rings. The first-order chi connectivity index (χ1) is 6.01. The predicted octanol–water partition coefficient (Wildman–Crippen LogP) is 2.70. The Balaban J connectivity index is 2.78. The molecule has 13 heavy (non-hydrogen) atoms. The third-order valence-electron chi connectivity index (χ3n) is 1.13. The summed E-state index contributed by atoms with van der Waals surface area (Å²) < 4.78 is 40.3. The van der Waals surface area contributed by atoms with E-state index in [1.165, 1.54) is 25.3 Å². The molecule has 0 radical (unpaired) electrons. The van der Waals surface area contributed by atoms with Crippen LogP contribution in [0.2, 0.25) is 0 Å². The monoisotopic (exact) mass is 209 g/mol. The van der Waals surface area contributed by atoms with Gasteiger partial charge < -0.3 is 4.74 Å². The van der Waals surface area contributed by atoms with Gasteiger partial charge in [-0.25, -0.2) is 4.98 Å². The van der Waals surface area contributed by atoms with E-state index >= 15 is 0 Å². The van der Waals surface area contributed by atoms with E-state index in [2.05, 4.69) is 9.72 Å². The van der Waals surface area contributed by atoms with Gasteiger partial charge in [0.25, 0.3) is 0 Å². The molecule has 0 saturated heterocycles. The smallest absolute Gasteiger partial charge is 0.447 e. The summed E-state index contributed by atoms with van der Waals surface area (Å²) in [6, 6.07) is 4.22. The fourth-order valence-electron chi connectivity index (χ4n) is 0.685. The molecule has 0 saturated carbocycles. The number of hydrogen-bond acceptors (Lipinski definition) is 3. The first-order valence-corrected chi connectivity index (χ1v) is 4.10. The van der Waals surface area contributed by atoms with Crippen molar-refractivity contribution in [2.24, 2.45) is 0 Å². The van der Waals surface area contributed by atoms with Crippen LogP contribution < -0.4 is 4.74 Å². The third kappa shape index (κ3) is 3.54. The summed E-state index contributed by atoms with van der Waals surface area (Å²) in [6.07, 6.45) is 0. The van der Waals surface area contributed by atoms with Crippen LogP contribution in [0, 0.1) is 0 Å². The maximum absolute atomic E-state index is 11.9. The van der Waals surface area contributed by atoms with Crippen LogP contribution in [0.25, 0.3) is 0 Å². The predicted molar refractivity (Wildman–Crippen MR) is 42.7 cm³/mol. The van der Waals surface area contributed by atoms with Crippen molar-refractivity contribution in [1.82, 2.24) is 4.98 Å². The second-order valence-corrected chi connectivity index (χ2v) is 3.15. The van der Waals surface area contributed by atoms with Crippen molar-refractivity contribution in [2.45, 2.75) is 10.5 Å². The molecule has 1 heterocycles. The Hall–Kier alpha value is -0.910. The Bertz CT molecular complexity index is 289. The maximum atomic E-state index is 11.9. The lowest BCUT2D eigenvalue weighted by molar-refractivity contribution is -0.0329. The zero-order valence-electron chi connectivity index (χ0n) is 6.63. The quantitative estimate of drug-likeness (QED) is 0.699. The van der Waals surface area contributed by atoms with Crippen LogP contribution in [0.3, 0.4) is 0 Å². The zero-order valence-corrected chi connectivity index (χ0v) is 7.45. The molecule has 0 unspecified atom stereocenters. The van der Waals surface area contributed by atoms with Gasteiger partial charge in [-0.1, -0.05) is 6.07 Å². The van der Waals surface area contributed by atoms with Gasteiger partial charge in [0.15, 0.2) is 0 Å². The van der Waals surface area contributed by atoms with E-state index < -0.39 is 5.51 Å². The van der Waals surface area contributed by atoms with Crippen molar-refractivity contribution in [3.05, 3.63) is 18.2 Å². The highest BCUT2D eigenvalue weighted by Crippen LogP contribution is 2.36. The number of pyridine rings is 1. The molecular weight excluding hydrogens is 203 g/mol. The lowest BCUT2D eigenvalue weighted by Crippen LogP contribution is -2.00. The molecule has 1 rings (SSSR count). The summed E-state index contributed by atoms with van der Waals surface area (Å²) in [4.78, 5) is 3.60. The highest BCUT2D eigenvalue weighted by Gasteiger charge is 2.30. The van der Waals surface area contributed by atoms with Gasteiger partial charge in [-0.05, 0) is 6.07 Å². The van der Waals surface area contributed by atoms with Crippen molar-refractivity contribution >= 4 is 11.8 Å². The number of aromatic nitrogens is 1. The lowest BCUT2D eigenvalue weighted by Gasteiger charge is -2.05. The fraction of sp³-hybridized carbons (Fsp3) is 0.286. The van der Waals surface area contributed by atoms with Crippen LogP contribution in [0.5, 0.6) is 5.88 Å². The van der Waals surface area contributed by atoms with Gasteiger partial charge in [0, 0.05) is 17.8 Å². The fourth-order valence-corrected chi connectivity index (χ4v) is 1.20. The van der Waals surface area contributed by atoms with Crippen LogP contribution in [0.15, 0.2) is 23.2 Å². The highest BCUT2D eigenvalue weighted by atomic mass is 32.2. The second-order valence-electron chi connectivity index (χ2n) is 2.07. The van der Waals surface area contributed by atoms with Gasteiger partial charge in [-0.3, -0.25) is 0 Å². The Morgan fingerprint density at radius 2 is 2.08 bits per heavy atom. The number of rotatable bonds is 2. The Labute approximate surface area is 77.1 Å². The van der Waals surface area contributed by atoms with Crippen LogP contribution in [-0.4, -0.2) is 17.6 Å². The SMILES string of the molecule is COc1cccc(SC(F)(F)F)n1. The van der Waals surface area contributed by atoms with Crippen molar-refractivity contribution < 1.29 is 17.9 Å². The summed E-state index contributed by atoms with van der Waals surface area (Å²) >= 11 is -0.261. The molecule has 0 bridgehead atoms. The van der Waals surface area contributed by atoms with Crippen LogP contribution in [0.4, 0.5) is 13.2 Å². The molecule has 0 aliphatic heterocycles. The van der Waals surface area contributed by atoms with Crippen molar-refractivity contribution in [2.75, 3.05) is 7.11 Å². The molecule has 0 aromatic carbocycles. The van der Waals surface area contributed by atoms with Gasteiger partial charge in [0.2, 0.25) is 5.88 Å². The largest absolute Gasteiger partial charge is 0.481 e. The number of thioether (sulfide) groups is 1. The van der Waals surface area contributed by atoms with E-state index in [0.29, 0.717) is 0 Å². The normalized spacial score (nSPS) is 11.4. The first kappa shape index (κ1) is 10.2. The summed E-state index contributed by atoms with van der Waals surface area (Å²) in [5.74, 6) is 0.175. The minimum Gasteiger partial charge on any atom is -0.481 e. The van der Waals surface area contributed by atoms with E-state index in [4.69, 9.17) is 0 Å². The summed E-state index contributed by atoms with van der Waals surface area (Å²) in [5.41, 5.74) is -4.31. The van der Waals surface area contributed by atoms with Crippen molar-refractivity contribution in [3.63, 3.8) is 0 Å². The standard InChI is InChI=1S/C7H6F3NOS/c1-12-5-3-2-4-6(11-5)13-7(8,9)10/h2-4H,1H3. The van der Waals surface area contributed by atoms with Gasteiger partial charge in [-0.2, -0.15) is 13.2 Å². The van der Waals surface area contributed by atoms with E-state index in [1.54, 1.807) is 0 Å². The Kier molecular flexibility index (Phi) is 3.02. The average molecular weight is 209 g/mol. The summed E-state index contributed by atoms with van der Waals surface area (Å²) in [6.45, 7) is 0. The molecule has 0 amide bonds. The molecule has 0 N–H and O–H groups in total. The molecule has 72 valence electrons. The lowest BCUT2D eigenvalue weighted by atomic mass is 10.5. The van der Waals surface area contributed by atoms with Crippen molar-refractivity contribution in [1.29, 1.82) is 0 Å². The molecule has 0 atom stereocenters. The number of ether oxygens (including phenoxy) is 1. The van der Waals surface area contributed by atoms with E-state index in [9.17, 15) is 13.2 Å². The number of hydrogen-bond donors (Lipinski definition) is 0. The second kappa shape index (κ2) is 3.87. The van der Waals surface area contributed by atoms with Gasteiger partial charge in [0.05, 0.1) is 7.11 Å². The van der Waals surface area contributed by atoms with Gasteiger partial charge in [-0.15, -0.1) is 0 Å². The molecular formula is C7H6F3NOS. The number of halogens is 3.